The first-order valence-electron chi connectivity index (χ1n) is 16.3. The number of carbonyl (C=O) groups excluding carboxylic acids is 2. The molecule has 3 aliphatic carbocycles. The van der Waals surface area contributed by atoms with Crippen LogP contribution in [-0.2, 0) is 18.9 Å². The number of para-hydroxylation sites is 1. The van der Waals surface area contributed by atoms with E-state index >= 15 is 0 Å². The third kappa shape index (κ3) is 3.69. The van der Waals surface area contributed by atoms with Crippen LogP contribution in [0.3, 0.4) is 0 Å². The van der Waals surface area contributed by atoms with Gasteiger partial charge in [0, 0.05) is 75.1 Å². The lowest BCUT2D eigenvalue weighted by Gasteiger charge is -2.69. The molecule has 0 aromatic heterocycles. The Morgan fingerprint density at radius 1 is 0.957 bits per heavy atom. The second-order valence-electron chi connectivity index (χ2n) is 14.2. The van der Waals surface area contributed by atoms with Gasteiger partial charge >= 0.3 is 5.97 Å². The summed E-state index contributed by atoms with van der Waals surface area (Å²) in [6.45, 7) is 0.595. The minimum Gasteiger partial charge on any atom is -0.455 e. The van der Waals surface area contributed by atoms with Gasteiger partial charge in [0.2, 0.25) is 0 Å². The predicted octanol–water partition coefficient (Wildman–Crippen LogP) is 3.68. The Kier molecular flexibility index (Phi) is 6.99. The molecule has 46 heavy (non-hydrogen) atoms. The number of nitrogens with one attached hydrogen (secondary N) is 1. The molecule has 1 spiro atoms. The standard InChI is InChI=1S/C35H41ClN2O8/c1-43-24-18-33(41)27-17-25-32(46-31(40)21-6-4-5-7-23(21)37-30(39)19-8-10-20(36)11-9-19)13-12-28(44-2)34(25,38(27)15-14-32)26-16-22(24)29(45-3)35(26,33)42/h4-11,22,24-29,41-42H,12-18H2,1-3H3,(H,37,39)/t22-,24+,25?,26?,27?,28+,29+,32-,33+,34?,35+/m1/s1. The molecular weight excluding hydrogens is 612 g/mol. The van der Waals surface area contributed by atoms with E-state index in [1.54, 1.807) is 69.9 Å². The van der Waals surface area contributed by atoms with E-state index in [1.807, 2.05) is 0 Å². The lowest BCUT2D eigenvalue weighted by Crippen LogP contribution is -2.85. The zero-order valence-corrected chi connectivity index (χ0v) is 27.0. The Hall–Kier alpha value is -2.57. The van der Waals surface area contributed by atoms with Crippen molar-refractivity contribution in [1.29, 1.82) is 0 Å². The topological polar surface area (TPSA) is 127 Å². The van der Waals surface area contributed by atoms with Crippen molar-refractivity contribution >= 4 is 29.2 Å². The fraction of sp³-hybridized carbons (Fsp3) is 0.600. The van der Waals surface area contributed by atoms with E-state index in [4.69, 9.17) is 30.5 Å². The van der Waals surface area contributed by atoms with Gasteiger partial charge in [-0.1, -0.05) is 23.7 Å². The van der Waals surface area contributed by atoms with E-state index in [9.17, 15) is 19.8 Å². The number of esters is 1. The molecule has 3 saturated carbocycles. The van der Waals surface area contributed by atoms with E-state index in [-0.39, 0.29) is 47.5 Å². The molecule has 12 atom stereocenters. The Morgan fingerprint density at radius 3 is 2.43 bits per heavy atom. The number of hydrogen-bond acceptors (Lipinski definition) is 9. The molecule has 3 saturated heterocycles. The maximum atomic E-state index is 14.2. The van der Waals surface area contributed by atoms with Crippen molar-refractivity contribution in [3.05, 3.63) is 64.7 Å². The van der Waals surface area contributed by atoms with Crippen molar-refractivity contribution in [2.24, 2.45) is 17.8 Å². The summed E-state index contributed by atoms with van der Waals surface area (Å²) in [6.07, 6.45) is 2.26. The fourth-order valence-electron chi connectivity index (χ4n) is 11.4. The highest BCUT2D eigenvalue weighted by Crippen LogP contribution is 2.74. The van der Waals surface area contributed by atoms with Crippen LogP contribution in [0.5, 0.6) is 0 Å². The monoisotopic (exact) mass is 652 g/mol. The van der Waals surface area contributed by atoms with Gasteiger partial charge in [-0.3, -0.25) is 9.69 Å². The Morgan fingerprint density at radius 2 is 1.72 bits per heavy atom. The predicted molar refractivity (Wildman–Crippen MR) is 168 cm³/mol. The SMILES string of the molecule is CO[C@H]1C[C@]2(O)C3CC4C5(C6C[C@H]1[C@H](OC)[C@@]62O)[C@@H](OC)CC[C@@]4(OC(=O)c1ccccc1NC(=O)c1ccc(Cl)cc1)CCN35. The number of anilines is 1. The van der Waals surface area contributed by atoms with E-state index in [2.05, 4.69) is 10.2 Å². The number of amides is 1. The number of nitrogens with zero attached hydrogens (tertiary/aromatic N) is 1. The average Bonchev–Trinajstić information content (AvgIpc) is 3.45. The van der Waals surface area contributed by atoms with Gasteiger partial charge in [0.05, 0.1) is 35.1 Å². The van der Waals surface area contributed by atoms with Gasteiger partial charge in [-0.25, -0.2) is 4.79 Å². The molecule has 8 rings (SSSR count). The molecule has 7 bridgehead atoms. The van der Waals surface area contributed by atoms with Crippen molar-refractivity contribution in [2.45, 2.75) is 85.2 Å². The summed E-state index contributed by atoms with van der Waals surface area (Å²) in [5, 5.41) is 28.9. The number of hydrogen-bond donors (Lipinski definition) is 3. The fourth-order valence-corrected chi connectivity index (χ4v) is 11.5. The molecule has 6 aliphatic rings. The zero-order valence-electron chi connectivity index (χ0n) is 26.3. The highest BCUT2D eigenvalue weighted by Gasteiger charge is 2.87. The summed E-state index contributed by atoms with van der Waals surface area (Å²) in [7, 11) is 5.00. The summed E-state index contributed by atoms with van der Waals surface area (Å²) < 4.78 is 24.9. The number of halogens is 1. The average molecular weight is 653 g/mol. The van der Waals surface area contributed by atoms with Crippen LogP contribution < -0.4 is 5.32 Å². The van der Waals surface area contributed by atoms with E-state index < -0.39 is 34.4 Å². The summed E-state index contributed by atoms with van der Waals surface area (Å²) in [6, 6.07) is 13.0. The van der Waals surface area contributed by atoms with Gasteiger partial charge in [-0.05, 0) is 62.1 Å². The second kappa shape index (κ2) is 10.5. The molecule has 246 valence electrons. The molecule has 0 radical (unpaired) electrons. The molecular formula is C35H41ClN2O8. The minimum atomic E-state index is -1.50. The maximum absolute atomic E-state index is 14.2. The van der Waals surface area contributed by atoms with Gasteiger partial charge in [-0.15, -0.1) is 0 Å². The number of ether oxygens (including phenoxy) is 4. The van der Waals surface area contributed by atoms with Crippen molar-refractivity contribution in [1.82, 2.24) is 4.90 Å². The molecule has 3 heterocycles. The van der Waals surface area contributed by atoms with E-state index in [0.717, 1.165) is 0 Å². The van der Waals surface area contributed by atoms with Crippen molar-refractivity contribution in [2.75, 3.05) is 33.2 Å². The first-order valence-corrected chi connectivity index (χ1v) is 16.7. The van der Waals surface area contributed by atoms with Gasteiger partial charge in [0.25, 0.3) is 5.91 Å². The molecule has 1 amide bonds. The van der Waals surface area contributed by atoms with Crippen LogP contribution in [0.25, 0.3) is 0 Å². The number of rotatable bonds is 7. The third-order valence-electron chi connectivity index (χ3n) is 12.9. The summed E-state index contributed by atoms with van der Waals surface area (Å²) in [4.78, 5) is 29.7. The summed E-state index contributed by atoms with van der Waals surface area (Å²) in [5.41, 5.74) is -3.42. The Balaban J connectivity index is 1.16. The molecule has 3 aliphatic heterocycles. The first kappa shape index (κ1) is 30.7. The van der Waals surface area contributed by atoms with Crippen molar-refractivity contribution < 1.29 is 38.7 Å². The van der Waals surface area contributed by atoms with Gasteiger partial charge in [0.15, 0.2) is 0 Å². The van der Waals surface area contributed by atoms with Crippen LogP contribution in [0.2, 0.25) is 5.02 Å². The molecule has 11 heteroatoms. The molecule has 6 fully saturated rings. The molecule has 2 aromatic carbocycles. The molecule has 3 N–H and O–H groups in total. The Bertz CT molecular complexity index is 1570. The first-order chi connectivity index (χ1) is 22.1. The molecule has 5 unspecified atom stereocenters. The number of fused-ring (bicyclic) bond motifs is 2. The van der Waals surface area contributed by atoms with E-state index in [0.29, 0.717) is 61.3 Å². The lowest BCUT2D eigenvalue weighted by molar-refractivity contribution is -0.330. The zero-order chi connectivity index (χ0) is 32.2. The minimum absolute atomic E-state index is 0.0894. The van der Waals surface area contributed by atoms with Gasteiger partial charge in [0.1, 0.15) is 16.8 Å². The van der Waals surface area contributed by atoms with Crippen molar-refractivity contribution in [3.8, 4) is 0 Å². The number of benzene rings is 2. The van der Waals surface area contributed by atoms with Crippen LogP contribution in [0.4, 0.5) is 5.69 Å². The number of aliphatic hydroxyl groups is 2. The maximum Gasteiger partial charge on any atom is 0.340 e. The summed E-state index contributed by atoms with van der Waals surface area (Å²) in [5.74, 6) is -1.52. The van der Waals surface area contributed by atoms with Crippen LogP contribution >= 0.6 is 11.6 Å². The Labute approximate surface area is 273 Å². The smallest absolute Gasteiger partial charge is 0.340 e. The van der Waals surface area contributed by atoms with Crippen LogP contribution in [-0.4, -0.2) is 102 Å². The van der Waals surface area contributed by atoms with Crippen LogP contribution in [0.15, 0.2) is 48.5 Å². The highest BCUT2D eigenvalue weighted by atomic mass is 35.5. The molecule has 2 aromatic rings. The van der Waals surface area contributed by atoms with E-state index in [1.165, 1.54) is 0 Å². The largest absolute Gasteiger partial charge is 0.455 e. The highest BCUT2D eigenvalue weighted by molar-refractivity contribution is 6.30. The second-order valence-corrected chi connectivity index (χ2v) is 14.6. The quantitative estimate of drug-likeness (QED) is 0.384. The normalized spacial score (nSPS) is 44.5. The van der Waals surface area contributed by atoms with Crippen molar-refractivity contribution in [3.63, 3.8) is 0 Å². The third-order valence-corrected chi connectivity index (χ3v) is 13.2. The van der Waals surface area contributed by atoms with Crippen LogP contribution in [0.1, 0.15) is 59.2 Å². The number of carbonyl (C=O) groups is 2. The summed E-state index contributed by atoms with van der Waals surface area (Å²) >= 11 is 6.00. The lowest BCUT2D eigenvalue weighted by atomic mass is 9.51. The van der Waals surface area contributed by atoms with Gasteiger partial charge < -0.3 is 34.5 Å². The van der Waals surface area contributed by atoms with Gasteiger partial charge in [-0.2, -0.15) is 0 Å². The number of methoxy groups -OCH3 is 3. The molecule has 10 nitrogen and oxygen atoms in total. The number of piperidine rings is 2. The van der Waals surface area contributed by atoms with Crippen LogP contribution in [0, 0.1) is 17.8 Å².